The molecule has 2 heterocycles. The average molecular weight is 748 g/mol. The van der Waals surface area contributed by atoms with E-state index in [9.17, 15) is 8.42 Å². The molecule has 0 unspecified atom stereocenters. The van der Waals surface area contributed by atoms with Gasteiger partial charge in [-0.2, -0.15) is 0 Å². The Hall–Kier alpha value is -4.87. The molecule has 0 amide bonds. The summed E-state index contributed by atoms with van der Waals surface area (Å²) in [4.78, 5) is 0.226. The summed E-state index contributed by atoms with van der Waals surface area (Å²) in [5, 5.41) is 0. The summed E-state index contributed by atoms with van der Waals surface area (Å²) < 4.78 is 68.0. The minimum atomic E-state index is -3.77. The highest BCUT2D eigenvalue weighted by Gasteiger charge is 2.24. The van der Waals surface area contributed by atoms with E-state index in [1.807, 2.05) is 13.0 Å². The van der Waals surface area contributed by atoms with Gasteiger partial charge in [-0.3, -0.25) is 0 Å². The van der Waals surface area contributed by atoms with Crippen LogP contribution in [0.5, 0.6) is 23.0 Å². The minimum absolute atomic E-state index is 0.0984. The lowest BCUT2D eigenvalue weighted by Gasteiger charge is -2.24. The Labute approximate surface area is 317 Å². The maximum atomic E-state index is 13.5. The van der Waals surface area contributed by atoms with E-state index in [2.05, 4.69) is 65.4 Å². The fraction of sp³-hybridized carbons (Fsp3) is 0.318. The van der Waals surface area contributed by atoms with E-state index < -0.39 is 10.0 Å². The average Bonchev–Trinajstić information content (AvgIpc) is 3.15. The lowest BCUT2D eigenvalue weighted by Crippen LogP contribution is -2.23. The predicted molar refractivity (Wildman–Crippen MR) is 206 cm³/mol. The first-order valence-electron chi connectivity index (χ1n) is 18.6. The maximum absolute atomic E-state index is 13.5. The fourth-order valence-electron chi connectivity index (χ4n) is 7.50. The molecular formula is C44H45NO8S. The van der Waals surface area contributed by atoms with Crippen molar-refractivity contribution in [2.24, 2.45) is 0 Å². The van der Waals surface area contributed by atoms with E-state index in [-0.39, 0.29) is 11.4 Å². The van der Waals surface area contributed by atoms with Crippen molar-refractivity contribution < 1.29 is 36.8 Å². The summed E-state index contributed by atoms with van der Waals surface area (Å²) in [5.74, 6) is 3.23. The van der Waals surface area contributed by atoms with Gasteiger partial charge in [-0.05, 0) is 69.1 Å². The van der Waals surface area contributed by atoms with E-state index in [0.717, 1.165) is 78.6 Å². The SMILES string of the molecule is Cc1ccc(S(=O)(=O)NCc2cc3c4c(c2)Cc2cccc(c2OCCOCCO4)Cc2cccc4c2OCCOCCOc2c(cccc2C3)C4)cc1. The molecule has 0 spiro atoms. The fourth-order valence-corrected chi connectivity index (χ4v) is 8.51. The van der Waals surface area contributed by atoms with Crippen molar-refractivity contribution in [3.63, 3.8) is 0 Å². The van der Waals surface area contributed by atoms with Crippen LogP contribution in [0.15, 0.2) is 95.9 Å². The van der Waals surface area contributed by atoms with Gasteiger partial charge in [0.1, 0.15) is 49.4 Å². The lowest BCUT2D eigenvalue weighted by atomic mass is 9.90. The molecule has 10 heteroatoms. The van der Waals surface area contributed by atoms with Gasteiger partial charge in [0.2, 0.25) is 10.0 Å². The van der Waals surface area contributed by atoms with Gasteiger partial charge in [-0.25, -0.2) is 13.1 Å². The van der Waals surface area contributed by atoms with Crippen molar-refractivity contribution in [2.75, 3.05) is 52.9 Å². The van der Waals surface area contributed by atoms with Gasteiger partial charge in [-0.1, -0.05) is 84.4 Å². The highest BCUT2D eigenvalue weighted by molar-refractivity contribution is 7.89. The van der Waals surface area contributed by atoms with Crippen LogP contribution >= 0.6 is 0 Å². The first-order valence-corrected chi connectivity index (χ1v) is 20.1. The summed E-state index contributed by atoms with van der Waals surface area (Å²) in [5.41, 5.74) is 9.86. The highest BCUT2D eigenvalue weighted by atomic mass is 32.2. The molecule has 280 valence electrons. The Balaban J connectivity index is 1.31. The molecule has 3 aliphatic rings. The highest BCUT2D eigenvalue weighted by Crippen LogP contribution is 2.39. The van der Waals surface area contributed by atoms with E-state index in [1.165, 1.54) is 0 Å². The Morgan fingerprint density at radius 1 is 0.481 bits per heavy atom. The van der Waals surface area contributed by atoms with Crippen molar-refractivity contribution in [3.8, 4) is 23.0 Å². The molecule has 54 heavy (non-hydrogen) atoms. The number of ether oxygens (including phenoxy) is 6. The van der Waals surface area contributed by atoms with Crippen LogP contribution in [0.4, 0.5) is 0 Å². The van der Waals surface area contributed by atoms with Gasteiger partial charge in [0.05, 0.1) is 31.3 Å². The number of rotatable bonds is 4. The second kappa shape index (κ2) is 16.2. The first kappa shape index (κ1) is 36.1. The number of para-hydroxylation sites is 3. The largest absolute Gasteiger partial charge is 0.491 e. The summed E-state index contributed by atoms with van der Waals surface area (Å²) in [6.07, 6.45) is 2.20. The van der Waals surface area contributed by atoms with Crippen LogP contribution in [0, 0.1) is 6.92 Å². The van der Waals surface area contributed by atoms with Gasteiger partial charge in [0.15, 0.2) is 0 Å². The summed E-state index contributed by atoms with van der Waals surface area (Å²) in [6, 6.07) is 29.9. The zero-order chi connectivity index (χ0) is 36.9. The van der Waals surface area contributed by atoms with Crippen LogP contribution in [0.2, 0.25) is 0 Å². The number of nitrogens with one attached hydrogen (secondary N) is 1. The van der Waals surface area contributed by atoms with E-state index in [0.29, 0.717) is 78.5 Å². The Morgan fingerprint density at radius 3 is 1.22 bits per heavy atom. The number of benzene rings is 5. The Morgan fingerprint density at radius 2 is 0.833 bits per heavy atom. The molecule has 0 saturated carbocycles. The maximum Gasteiger partial charge on any atom is 0.240 e. The molecule has 9 nitrogen and oxygen atoms in total. The summed E-state index contributed by atoms with van der Waals surface area (Å²) in [6.45, 7) is 5.28. The second-order valence-electron chi connectivity index (χ2n) is 13.9. The summed E-state index contributed by atoms with van der Waals surface area (Å²) in [7, 11) is -3.77. The van der Waals surface area contributed by atoms with Crippen LogP contribution < -0.4 is 23.7 Å². The third-order valence-corrected chi connectivity index (χ3v) is 11.5. The molecule has 0 fully saturated rings. The van der Waals surface area contributed by atoms with E-state index >= 15 is 0 Å². The molecule has 1 N–H and O–H groups in total. The van der Waals surface area contributed by atoms with Crippen molar-refractivity contribution >= 4 is 10.0 Å². The molecule has 0 atom stereocenters. The number of sulfonamides is 1. The van der Waals surface area contributed by atoms with E-state index in [1.54, 1.807) is 24.3 Å². The van der Waals surface area contributed by atoms with Crippen LogP contribution in [0.3, 0.4) is 0 Å². The molecule has 8 rings (SSSR count). The van der Waals surface area contributed by atoms with Gasteiger partial charge in [0.25, 0.3) is 0 Å². The normalized spacial score (nSPS) is 16.1. The zero-order valence-corrected chi connectivity index (χ0v) is 31.3. The topological polar surface area (TPSA) is 102 Å². The zero-order valence-electron chi connectivity index (χ0n) is 30.5. The Kier molecular flexibility index (Phi) is 10.9. The number of aryl methyl sites for hydroxylation is 1. The van der Waals surface area contributed by atoms with Crippen LogP contribution in [-0.2, 0) is 51.7 Å². The second-order valence-corrected chi connectivity index (χ2v) is 15.7. The summed E-state index contributed by atoms with van der Waals surface area (Å²) >= 11 is 0. The third-order valence-electron chi connectivity index (χ3n) is 10.1. The predicted octanol–water partition coefficient (Wildman–Crippen LogP) is 6.73. The van der Waals surface area contributed by atoms with Gasteiger partial charge in [0, 0.05) is 32.2 Å². The molecule has 0 radical (unpaired) electrons. The smallest absolute Gasteiger partial charge is 0.240 e. The molecule has 0 saturated heterocycles. The quantitative estimate of drug-likeness (QED) is 0.212. The van der Waals surface area contributed by atoms with Gasteiger partial charge in [-0.15, -0.1) is 0 Å². The Bertz CT molecular complexity index is 2230. The first-order chi connectivity index (χ1) is 26.4. The van der Waals surface area contributed by atoms with Gasteiger partial charge < -0.3 is 28.4 Å². The van der Waals surface area contributed by atoms with Crippen molar-refractivity contribution in [2.45, 2.75) is 44.0 Å². The monoisotopic (exact) mass is 747 g/mol. The lowest BCUT2D eigenvalue weighted by molar-refractivity contribution is 0.0744. The minimum Gasteiger partial charge on any atom is -0.491 e. The van der Waals surface area contributed by atoms with Crippen LogP contribution in [-0.4, -0.2) is 61.3 Å². The number of hydrogen-bond donors (Lipinski definition) is 1. The van der Waals surface area contributed by atoms with Crippen LogP contribution in [0.1, 0.15) is 55.6 Å². The van der Waals surface area contributed by atoms with Crippen molar-refractivity contribution in [1.29, 1.82) is 0 Å². The third kappa shape index (κ3) is 8.12. The van der Waals surface area contributed by atoms with E-state index in [4.69, 9.17) is 28.4 Å². The molecule has 0 aromatic heterocycles. The number of hydrogen-bond acceptors (Lipinski definition) is 8. The molecule has 5 aromatic carbocycles. The molecule has 12 bridgehead atoms. The molecule has 1 aliphatic carbocycles. The molecular weight excluding hydrogens is 703 g/mol. The van der Waals surface area contributed by atoms with Crippen molar-refractivity contribution in [1.82, 2.24) is 4.72 Å². The standard InChI is InChI=1S/C44H45NO8S/c1-30-11-13-40(14-12-30)54(46,47)45-29-31-23-38-27-36-9-3-7-34-25-32-5-2-6-33(41(32)50-19-15-48-16-20-51-42(34)36)26-35-8-4-10-37-28-39(24-31)44(38)53-22-18-49-17-21-52-43(35)37/h2-14,23-24,45H,15-22,25-29H2,1H3. The molecule has 2 aliphatic heterocycles. The van der Waals surface area contributed by atoms with Crippen molar-refractivity contribution in [3.05, 3.63) is 147 Å². The van der Waals surface area contributed by atoms with Gasteiger partial charge >= 0.3 is 0 Å². The molecule has 5 aromatic rings. The van der Waals surface area contributed by atoms with Crippen LogP contribution in [0.25, 0.3) is 0 Å².